The molecule has 3 N–H and O–H groups in total. The number of aliphatic hydroxyl groups is 1. The lowest BCUT2D eigenvalue weighted by molar-refractivity contribution is -0.00663. The number of nitrogens with two attached hydrogens (primary N) is 1. The van der Waals surface area contributed by atoms with E-state index in [0.717, 1.165) is 53.9 Å². The molecular formula is C29H37NO4. The van der Waals surface area contributed by atoms with Crippen molar-refractivity contribution in [1.82, 2.24) is 0 Å². The average Bonchev–Trinajstić information content (AvgIpc) is 2.90. The van der Waals surface area contributed by atoms with Gasteiger partial charge in [-0.3, -0.25) is 0 Å². The highest BCUT2D eigenvalue weighted by atomic mass is 16.5. The van der Waals surface area contributed by atoms with Crippen molar-refractivity contribution in [3.05, 3.63) is 95.6 Å². The Kier molecular flexibility index (Phi) is 9.95. The lowest BCUT2D eigenvalue weighted by atomic mass is 9.80. The minimum Gasteiger partial charge on any atom is -0.497 e. The van der Waals surface area contributed by atoms with Crippen LogP contribution in [0, 0.1) is 0 Å². The van der Waals surface area contributed by atoms with Crippen LogP contribution in [-0.2, 0) is 10.3 Å². The third-order valence-corrected chi connectivity index (χ3v) is 6.18. The number of aliphatic hydroxyl groups excluding tert-OH is 1. The van der Waals surface area contributed by atoms with E-state index in [1.165, 1.54) is 0 Å². The molecule has 0 aliphatic rings. The van der Waals surface area contributed by atoms with E-state index in [1.54, 1.807) is 14.2 Å². The lowest BCUT2D eigenvalue weighted by Crippen LogP contribution is -2.34. The highest BCUT2D eigenvalue weighted by Gasteiger charge is 2.37. The zero-order chi connectivity index (χ0) is 24.2. The number of unbranched alkanes of at least 4 members (excludes halogenated alkanes) is 2. The van der Waals surface area contributed by atoms with Crippen LogP contribution in [0.1, 0.15) is 48.8 Å². The first-order valence-electron chi connectivity index (χ1n) is 12.0. The number of benzene rings is 3. The van der Waals surface area contributed by atoms with Gasteiger partial charge in [0.25, 0.3) is 0 Å². The highest BCUT2D eigenvalue weighted by Crippen LogP contribution is 2.41. The summed E-state index contributed by atoms with van der Waals surface area (Å²) >= 11 is 0. The summed E-state index contributed by atoms with van der Waals surface area (Å²) < 4.78 is 17.6. The fourth-order valence-corrected chi connectivity index (χ4v) is 4.27. The van der Waals surface area contributed by atoms with E-state index in [1.807, 2.05) is 66.7 Å². The highest BCUT2D eigenvalue weighted by molar-refractivity contribution is 5.49. The summed E-state index contributed by atoms with van der Waals surface area (Å²) in [5.41, 5.74) is 7.72. The second-order valence-corrected chi connectivity index (χ2v) is 8.43. The molecule has 1 unspecified atom stereocenters. The Hall–Kier alpha value is -2.86. The van der Waals surface area contributed by atoms with Crippen molar-refractivity contribution in [2.24, 2.45) is 5.73 Å². The van der Waals surface area contributed by atoms with Gasteiger partial charge in [0.15, 0.2) is 0 Å². The van der Waals surface area contributed by atoms with E-state index in [0.29, 0.717) is 19.6 Å². The predicted molar refractivity (Wildman–Crippen MR) is 136 cm³/mol. The normalized spacial score (nSPS) is 12.4. The van der Waals surface area contributed by atoms with Crippen LogP contribution in [0.5, 0.6) is 11.5 Å². The predicted octanol–water partition coefficient (Wildman–Crippen LogP) is 5.28. The zero-order valence-electron chi connectivity index (χ0n) is 20.3. The molecule has 0 spiro atoms. The van der Waals surface area contributed by atoms with Gasteiger partial charge in [-0.05, 0) is 66.8 Å². The summed E-state index contributed by atoms with van der Waals surface area (Å²) in [6, 6.07) is 26.2. The Morgan fingerprint density at radius 2 is 1.24 bits per heavy atom. The van der Waals surface area contributed by atoms with Crippen LogP contribution in [-0.4, -0.2) is 38.6 Å². The van der Waals surface area contributed by atoms with Crippen molar-refractivity contribution in [2.45, 2.75) is 43.8 Å². The van der Waals surface area contributed by atoms with Gasteiger partial charge < -0.3 is 25.1 Å². The molecule has 0 saturated heterocycles. The lowest BCUT2D eigenvalue weighted by Gasteiger charge is -2.36. The molecule has 5 nitrogen and oxygen atoms in total. The summed E-state index contributed by atoms with van der Waals surface area (Å²) in [6.45, 7) is 1.10. The van der Waals surface area contributed by atoms with E-state index in [9.17, 15) is 5.11 Å². The maximum atomic E-state index is 10.5. The Morgan fingerprint density at radius 3 is 1.74 bits per heavy atom. The molecule has 0 saturated carbocycles. The first-order valence-corrected chi connectivity index (χ1v) is 12.0. The molecule has 0 aliphatic heterocycles. The van der Waals surface area contributed by atoms with Crippen LogP contribution in [0.15, 0.2) is 78.9 Å². The van der Waals surface area contributed by atoms with Crippen LogP contribution in [0.2, 0.25) is 0 Å². The molecule has 182 valence electrons. The molecule has 0 bridgehead atoms. The molecule has 0 aromatic heterocycles. The maximum Gasteiger partial charge on any atom is 0.143 e. The third-order valence-electron chi connectivity index (χ3n) is 6.18. The Balaban J connectivity index is 1.95. The van der Waals surface area contributed by atoms with E-state index in [4.69, 9.17) is 19.9 Å². The van der Waals surface area contributed by atoms with E-state index in [-0.39, 0.29) is 0 Å². The van der Waals surface area contributed by atoms with E-state index < -0.39 is 11.7 Å². The van der Waals surface area contributed by atoms with Gasteiger partial charge >= 0.3 is 0 Å². The summed E-state index contributed by atoms with van der Waals surface area (Å²) in [6.07, 6.45) is 3.92. The molecule has 3 aromatic carbocycles. The monoisotopic (exact) mass is 463 g/mol. The standard InChI is InChI=1S/C29H37NO4/c1-32-27-16-12-24(13-17-27)29(23-9-5-3-6-10-23,25-14-18-28(33-2)19-15-25)34-22-20-26(31)11-7-4-8-21-30/h3,5-6,9-10,12-19,26,31H,4,7-8,11,20-22,30H2,1-2H3. The smallest absolute Gasteiger partial charge is 0.143 e. The molecule has 0 amide bonds. The average molecular weight is 464 g/mol. The van der Waals surface area contributed by atoms with E-state index >= 15 is 0 Å². The quantitative estimate of drug-likeness (QED) is 0.251. The summed E-state index contributed by atoms with van der Waals surface area (Å²) in [4.78, 5) is 0. The number of methoxy groups -OCH3 is 2. The van der Waals surface area contributed by atoms with Gasteiger partial charge in [0.1, 0.15) is 17.1 Å². The Bertz CT molecular complexity index is 910. The summed E-state index contributed by atoms with van der Waals surface area (Å²) in [5.74, 6) is 1.57. The van der Waals surface area contributed by atoms with Gasteiger partial charge in [0.05, 0.1) is 26.9 Å². The first-order chi connectivity index (χ1) is 16.6. The molecule has 0 radical (unpaired) electrons. The fraction of sp³-hybridized carbons (Fsp3) is 0.379. The van der Waals surface area contributed by atoms with Crippen LogP contribution >= 0.6 is 0 Å². The molecule has 0 fully saturated rings. The minimum absolute atomic E-state index is 0.405. The largest absolute Gasteiger partial charge is 0.497 e. The van der Waals surface area contributed by atoms with Crippen LogP contribution in [0.4, 0.5) is 0 Å². The van der Waals surface area contributed by atoms with Crippen molar-refractivity contribution < 1.29 is 19.3 Å². The molecular weight excluding hydrogens is 426 g/mol. The van der Waals surface area contributed by atoms with Crippen molar-refractivity contribution in [2.75, 3.05) is 27.4 Å². The molecule has 34 heavy (non-hydrogen) atoms. The molecule has 1 atom stereocenters. The second kappa shape index (κ2) is 13.1. The van der Waals surface area contributed by atoms with Crippen molar-refractivity contribution in [1.29, 1.82) is 0 Å². The van der Waals surface area contributed by atoms with Crippen LogP contribution < -0.4 is 15.2 Å². The van der Waals surface area contributed by atoms with Crippen molar-refractivity contribution in [3.63, 3.8) is 0 Å². The third kappa shape index (κ3) is 6.38. The Morgan fingerprint density at radius 1 is 0.706 bits per heavy atom. The topological polar surface area (TPSA) is 73.9 Å². The zero-order valence-corrected chi connectivity index (χ0v) is 20.3. The van der Waals surface area contributed by atoms with E-state index in [2.05, 4.69) is 12.1 Å². The van der Waals surface area contributed by atoms with Gasteiger partial charge in [-0.1, -0.05) is 67.4 Å². The molecule has 5 heteroatoms. The molecule has 0 aliphatic carbocycles. The number of hydrogen-bond donors (Lipinski definition) is 2. The van der Waals surface area contributed by atoms with Crippen molar-refractivity contribution in [3.8, 4) is 11.5 Å². The molecule has 0 heterocycles. The molecule has 3 aromatic rings. The summed E-state index contributed by atoms with van der Waals surface area (Å²) in [7, 11) is 3.32. The maximum absolute atomic E-state index is 10.5. The number of rotatable bonds is 14. The second-order valence-electron chi connectivity index (χ2n) is 8.43. The summed E-state index contributed by atoms with van der Waals surface area (Å²) in [5, 5.41) is 10.5. The number of ether oxygens (including phenoxy) is 3. The SMILES string of the molecule is COc1ccc(C(OCCC(O)CCCCCN)(c2ccccc2)c2ccc(OC)cc2)cc1. The van der Waals surface area contributed by atoms with Gasteiger partial charge in [0, 0.05) is 0 Å². The first kappa shape index (κ1) is 25.8. The van der Waals surface area contributed by atoms with Gasteiger partial charge in [-0.15, -0.1) is 0 Å². The van der Waals surface area contributed by atoms with Gasteiger partial charge in [-0.2, -0.15) is 0 Å². The minimum atomic E-state index is -0.848. The van der Waals surface area contributed by atoms with Crippen LogP contribution in [0.25, 0.3) is 0 Å². The van der Waals surface area contributed by atoms with Gasteiger partial charge in [0.2, 0.25) is 0 Å². The van der Waals surface area contributed by atoms with Gasteiger partial charge in [-0.25, -0.2) is 0 Å². The fourth-order valence-electron chi connectivity index (χ4n) is 4.27. The number of hydrogen-bond acceptors (Lipinski definition) is 5. The van der Waals surface area contributed by atoms with Crippen LogP contribution in [0.3, 0.4) is 0 Å². The molecule has 3 rings (SSSR count). The van der Waals surface area contributed by atoms with Crippen molar-refractivity contribution >= 4 is 0 Å². The Labute approximate surface area is 203 Å².